The molecule has 0 aliphatic heterocycles. The van der Waals surface area contributed by atoms with Gasteiger partial charge in [0.1, 0.15) is 5.82 Å². The number of thiazole rings is 1. The first kappa shape index (κ1) is 13.5. The van der Waals surface area contributed by atoms with Gasteiger partial charge in [0.2, 0.25) is 0 Å². The first-order chi connectivity index (χ1) is 10.1. The van der Waals surface area contributed by atoms with Crippen molar-refractivity contribution in [1.29, 1.82) is 0 Å². The topological polar surface area (TPSA) is 81.1 Å². The Morgan fingerprint density at radius 2 is 1.90 bits per heavy atom. The number of aromatic nitrogens is 2. The van der Waals surface area contributed by atoms with Gasteiger partial charge in [-0.2, -0.15) is 0 Å². The summed E-state index contributed by atoms with van der Waals surface area (Å²) in [5.41, 5.74) is 8.57. The molecule has 21 heavy (non-hydrogen) atoms. The molecular formula is C15H15N5S. The molecule has 0 saturated heterocycles. The van der Waals surface area contributed by atoms with Crippen molar-refractivity contribution in [3.05, 3.63) is 54.4 Å². The van der Waals surface area contributed by atoms with Crippen molar-refractivity contribution in [2.45, 2.75) is 6.92 Å². The van der Waals surface area contributed by atoms with E-state index in [1.165, 1.54) is 11.3 Å². The van der Waals surface area contributed by atoms with Crippen molar-refractivity contribution in [3.8, 4) is 10.4 Å². The lowest BCUT2D eigenvalue weighted by Crippen LogP contribution is -2.25. The molecule has 1 aromatic carbocycles. The van der Waals surface area contributed by atoms with Gasteiger partial charge in [-0.15, -0.1) is 0 Å². The summed E-state index contributed by atoms with van der Waals surface area (Å²) in [6, 6.07) is 13.6. The Bertz CT molecular complexity index is 754. The molecule has 0 saturated carbocycles. The number of hydrogen-bond donors (Lipinski definition) is 2. The fraction of sp³-hybridized carbons (Fsp3) is 0.0667. The smallest absolute Gasteiger partial charge is 0.180 e. The minimum atomic E-state index is 0.563. The quantitative estimate of drug-likeness (QED) is 0.573. The van der Waals surface area contributed by atoms with Crippen LogP contribution in [0.4, 0.5) is 16.6 Å². The third-order valence-corrected chi connectivity index (χ3v) is 4.14. The molecule has 2 aromatic heterocycles. The molecule has 0 atom stereocenters. The van der Waals surface area contributed by atoms with Gasteiger partial charge in [0.15, 0.2) is 5.13 Å². The average molecular weight is 297 g/mol. The Morgan fingerprint density at radius 1 is 1.14 bits per heavy atom. The summed E-state index contributed by atoms with van der Waals surface area (Å²) in [5, 5.41) is 2.12. The van der Waals surface area contributed by atoms with Crippen molar-refractivity contribution in [3.63, 3.8) is 0 Å². The van der Waals surface area contributed by atoms with Crippen LogP contribution >= 0.6 is 11.3 Å². The van der Waals surface area contributed by atoms with Gasteiger partial charge in [-0.05, 0) is 36.8 Å². The fourth-order valence-corrected chi connectivity index (χ4v) is 2.93. The van der Waals surface area contributed by atoms with Gasteiger partial charge in [0, 0.05) is 6.20 Å². The van der Waals surface area contributed by atoms with Crippen molar-refractivity contribution in [1.82, 2.24) is 9.97 Å². The summed E-state index contributed by atoms with van der Waals surface area (Å²) in [6.07, 6.45) is 1.74. The number of pyridine rings is 1. The number of aryl methyl sites for hydroxylation is 1. The fourth-order valence-electron chi connectivity index (χ4n) is 2.10. The van der Waals surface area contributed by atoms with Gasteiger partial charge in [-0.1, -0.05) is 29.5 Å². The number of rotatable bonds is 3. The van der Waals surface area contributed by atoms with E-state index in [1.807, 2.05) is 49.4 Å². The first-order valence-electron chi connectivity index (χ1n) is 6.44. The van der Waals surface area contributed by atoms with E-state index in [-0.39, 0.29) is 0 Å². The Balaban J connectivity index is 1.99. The highest BCUT2D eigenvalue weighted by Crippen LogP contribution is 2.33. The van der Waals surface area contributed by atoms with Crippen LogP contribution in [-0.2, 0) is 0 Å². The molecule has 0 bridgehead atoms. The number of hydrazine groups is 1. The van der Waals surface area contributed by atoms with Crippen LogP contribution in [0.2, 0.25) is 0 Å². The van der Waals surface area contributed by atoms with Gasteiger partial charge in [0.25, 0.3) is 0 Å². The first-order valence-corrected chi connectivity index (χ1v) is 7.26. The van der Waals surface area contributed by atoms with E-state index < -0.39 is 0 Å². The molecule has 0 aliphatic carbocycles. The molecule has 5 nitrogen and oxygen atoms in total. The highest BCUT2D eigenvalue weighted by atomic mass is 32.1. The molecule has 0 fully saturated rings. The summed E-state index contributed by atoms with van der Waals surface area (Å²) in [6.45, 7) is 1.94. The summed E-state index contributed by atoms with van der Waals surface area (Å²) in [7, 11) is 0. The van der Waals surface area contributed by atoms with Crippen molar-refractivity contribution < 1.29 is 0 Å². The predicted octanol–water partition coefficient (Wildman–Crippen LogP) is 3.11. The zero-order valence-corrected chi connectivity index (χ0v) is 12.3. The third-order valence-electron chi connectivity index (χ3n) is 3.10. The Morgan fingerprint density at radius 3 is 2.57 bits per heavy atom. The highest BCUT2D eigenvalue weighted by Gasteiger charge is 2.11. The largest absolute Gasteiger partial charge is 0.375 e. The second kappa shape index (κ2) is 5.51. The monoisotopic (exact) mass is 297 g/mol. The molecule has 0 spiro atoms. The minimum absolute atomic E-state index is 0.563. The lowest BCUT2D eigenvalue weighted by Gasteiger charge is -2.17. The average Bonchev–Trinajstić information content (AvgIpc) is 2.86. The van der Waals surface area contributed by atoms with Gasteiger partial charge >= 0.3 is 0 Å². The lowest BCUT2D eigenvalue weighted by molar-refractivity contribution is 1.04. The zero-order valence-electron chi connectivity index (χ0n) is 11.5. The van der Waals surface area contributed by atoms with E-state index in [2.05, 4.69) is 9.97 Å². The van der Waals surface area contributed by atoms with Crippen molar-refractivity contribution in [2.75, 3.05) is 10.7 Å². The van der Waals surface area contributed by atoms with E-state index in [0.29, 0.717) is 10.9 Å². The van der Waals surface area contributed by atoms with Crippen molar-refractivity contribution in [2.24, 2.45) is 5.84 Å². The molecule has 3 aromatic rings. The van der Waals surface area contributed by atoms with Crippen LogP contribution in [0.15, 0.2) is 48.7 Å². The maximum absolute atomic E-state index is 6.14. The molecule has 2 heterocycles. The Labute approximate surface area is 126 Å². The van der Waals surface area contributed by atoms with Gasteiger partial charge in [-0.3, -0.25) is 5.01 Å². The second-order valence-electron chi connectivity index (χ2n) is 4.57. The van der Waals surface area contributed by atoms with Crippen LogP contribution in [0.5, 0.6) is 0 Å². The van der Waals surface area contributed by atoms with Crippen LogP contribution in [-0.4, -0.2) is 9.97 Å². The number of para-hydroxylation sites is 1. The summed E-state index contributed by atoms with van der Waals surface area (Å²) < 4.78 is 0. The van der Waals surface area contributed by atoms with E-state index in [9.17, 15) is 0 Å². The summed E-state index contributed by atoms with van der Waals surface area (Å²) in [5.74, 6) is 6.81. The van der Waals surface area contributed by atoms with E-state index in [0.717, 1.165) is 21.8 Å². The van der Waals surface area contributed by atoms with Gasteiger partial charge in [-0.25, -0.2) is 15.8 Å². The number of hydrogen-bond acceptors (Lipinski definition) is 6. The molecule has 0 radical (unpaired) electrons. The number of anilines is 3. The van der Waals surface area contributed by atoms with E-state index in [4.69, 9.17) is 11.6 Å². The van der Waals surface area contributed by atoms with Gasteiger partial charge < -0.3 is 5.73 Å². The lowest BCUT2D eigenvalue weighted by atomic mass is 10.2. The van der Waals surface area contributed by atoms with Crippen LogP contribution < -0.4 is 16.6 Å². The normalized spacial score (nSPS) is 10.6. The van der Waals surface area contributed by atoms with Gasteiger partial charge in [0.05, 0.1) is 16.3 Å². The number of benzene rings is 1. The maximum Gasteiger partial charge on any atom is 0.180 e. The molecule has 0 amide bonds. The standard InChI is InChI=1S/C15H15N5S/c1-10-14(21-15(16)19-10)11-7-8-18-13(9-11)20(17)12-5-3-2-4-6-12/h2-9H,17H2,1H3,(H2,16,19). The minimum Gasteiger partial charge on any atom is -0.375 e. The molecular weight excluding hydrogens is 282 g/mol. The Kier molecular flexibility index (Phi) is 3.55. The van der Waals surface area contributed by atoms with Crippen LogP contribution in [0.3, 0.4) is 0 Å². The van der Waals surface area contributed by atoms with Crippen LogP contribution in [0.25, 0.3) is 10.4 Å². The Hall–Kier alpha value is -2.44. The number of nitrogen functional groups attached to an aromatic ring is 1. The number of nitrogens with zero attached hydrogens (tertiary/aromatic N) is 3. The highest BCUT2D eigenvalue weighted by molar-refractivity contribution is 7.18. The molecule has 3 rings (SSSR count). The molecule has 0 unspecified atom stereocenters. The molecule has 0 aliphatic rings. The van der Waals surface area contributed by atoms with Crippen molar-refractivity contribution >= 4 is 28.0 Å². The molecule has 6 heteroatoms. The van der Waals surface area contributed by atoms with E-state index in [1.54, 1.807) is 11.2 Å². The SMILES string of the molecule is Cc1nc(N)sc1-c1ccnc(N(N)c2ccccc2)c1. The molecule has 4 N–H and O–H groups in total. The second-order valence-corrected chi connectivity index (χ2v) is 5.61. The zero-order chi connectivity index (χ0) is 14.8. The third kappa shape index (κ3) is 2.72. The molecule has 106 valence electrons. The summed E-state index contributed by atoms with van der Waals surface area (Å²) in [4.78, 5) is 9.62. The van der Waals surface area contributed by atoms with E-state index >= 15 is 0 Å². The number of nitrogens with two attached hydrogens (primary N) is 2. The summed E-state index contributed by atoms with van der Waals surface area (Å²) >= 11 is 1.46. The maximum atomic E-state index is 6.14. The predicted molar refractivity (Wildman–Crippen MR) is 87.3 cm³/mol. The van der Waals surface area contributed by atoms with Crippen LogP contribution in [0.1, 0.15) is 5.69 Å². The van der Waals surface area contributed by atoms with Crippen LogP contribution in [0, 0.1) is 6.92 Å².